The van der Waals surface area contributed by atoms with Crippen LogP contribution in [-0.4, -0.2) is 10.9 Å². The molecule has 3 heterocycles. The molecule has 7 heteroatoms. The van der Waals surface area contributed by atoms with Gasteiger partial charge in [-0.3, -0.25) is 14.5 Å². The Bertz CT molecular complexity index is 1380. The van der Waals surface area contributed by atoms with Gasteiger partial charge in [0.05, 0.1) is 22.0 Å². The minimum absolute atomic E-state index is 0.0149. The molecule has 5 nitrogen and oxygen atoms in total. The molecular formula is C24H16Cl2N2O3. The number of carbonyl (C=O) groups excluding carboxylic acids is 1. The summed E-state index contributed by atoms with van der Waals surface area (Å²) in [7, 11) is 0. The summed E-state index contributed by atoms with van der Waals surface area (Å²) in [6, 6.07) is 15.3. The van der Waals surface area contributed by atoms with Gasteiger partial charge < -0.3 is 4.42 Å². The molecule has 1 amide bonds. The van der Waals surface area contributed by atoms with Crippen LogP contribution in [0, 0.1) is 0 Å². The SMILES string of the molecule is CCc1ccc(C2c3c(oc4ccc(Cl)cc4c3=O)C(=O)N2c2ccc(Cl)cn2)cc1. The Morgan fingerprint density at radius 1 is 1.00 bits per heavy atom. The molecule has 0 aliphatic carbocycles. The van der Waals surface area contributed by atoms with Crippen molar-refractivity contribution in [3.05, 3.63) is 104 Å². The van der Waals surface area contributed by atoms with E-state index in [2.05, 4.69) is 11.9 Å². The molecule has 4 aromatic rings. The summed E-state index contributed by atoms with van der Waals surface area (Å²) in [4.78, 5) is 32.8. The number of nitrogens with zero attached hydrogens (tertiary/aromatic N) is 2. The Balaban J connectivity index is 1.79. The summed E-state index contributed by atoms with van der Waals surface area (Å²) in [6.45, 7) is 2.07. The molecule has 1 aliphatic rings. The van der Waals surface area contributed by atoms with Gasteiger partial charge in [0.2, 0.25) is 5.76 Å². The number of hydrogen-bond donors (Lipinski definition) is 0. The van der Waals surface area contributed by atoms with Crippen molar-refractivity contribution in [2.75, 3.05) is 4.90 Å². The lowest BCUT2D eigenvalue weighted by molar-refractivity contribution is 0.0970. The van der Waals surface area contributed by atoms with E-state index in [0.717, 1.165) is 17.5 Å². The highest BCUT2D eigenvalue weighted by Gasteiger charge is 2.44. The van der Waals surface area contributed by atoms with E-state index in [9.17, 15) is 9.59 Å². The maximum absolute atomic E-state index is 13.5. The van der Waals surface area contributed by atoms with Crippen molar-refractivity contribution in [1.82, 2.24) is 4.98 Å². The molecule has 0 bridgehead atoms. The number of halogens is 2. The third-order valence-corrected chi connectivity index (χ3v) is 5.95. The quantitative estimate of drug-likeness (QED) is 0.395. The van der Waals surface area contributed by atoms with E-state index in [-0.39, 0.29) is 16.8 Å². The summed E-state index contributed by atoms with van der Waals surface area (Å²) in [5, 5.41) is 1.20. The second-order valence-electron chi connectivity index (χ2n) is 7.32. The number of hydrogen-bond acceptors (Lipinski definition) is 4. The first-order chi connectivity index (χ1) is 15.0. The van der Waals surface area contributed by atoms with Gasteiger partial charge in [0.1, 0.15) is 11.4 Å². The summed E-state index contributed by atoms with van der Waals surface area (Å²) >= 11 is 12.1. The number of aromatic nitrogens is 1. The van der Waals surface area contributed by atoms with Gasteiger partial charge >= 0.3 is 0 Å². The molecule has 0 saturated heterocycles. The van der Waals surface area contributed by atoms with Crippen molar-refractivity contribution in [2.24, 2.45) is 0 Å². The van der Waals surface area contributed by atoms with Gasteiger partial charge in [-0.05, 0) is 47.9 Å². The molecule has 0 spiro atoms. The molecule has 1 atom stereocenters. The predicted octanol–water partition coefficient (Wildman–Crippen LogP) is 5.81. The third kappa shape index (κ3) is 3.21. The van der Waals surface area contributed by atoms with Gasteiger partial charge in [-0.25, -0.2) is 4.98 Å². The molecule has 31 heavy (non-hydrogen) atoms. The Morgan fingerprint density at radius 3 is 2.42 bits per heavy atom. The molecule has 154 valence electrons. The lowest BCUT2D eigenvalue weighted by Gasteiger charge is -2.24. The Kier molecular flexibility index (Phi) is 4.80. The fourth-order valence-corrected chi connectivity index (χ4v) is 4.23. The lowest BCUT2D eigenvalue weighted by Crippen LogP contribution is -2.30. The zero-order valence-electron chi connectivity index (χ0n) is 16.4. The molecule has 0 radical (unpaired) electrons. The predicted molar refractivity (Wildman–Crippen MR) is 121 cm³/mol. The van der Waals surface area contributed by atoms with E-state index in [1.165, 1.54) is 11.1 Å². The number of carbonyl (C=O) groups is 1. The summed E-state index contributed by atoms with van der Waals surface area (Å²) in [5.74, 6) is -0.0312. The first-order valence-corrected chi connectivity index (χ1v) is 10.5. The van der Waals surface area contributed by atoms with Gasteiger partial charge in [-0.15, -0.1) is 0 Å². The van der Waals surface area contributed by atoms with E-state index in [1.807, 2.05) is 24.3 Å². The molecule has 2 aromatic carbocycles. The topological polar surface area (TPSA) is 63.4 Å². The highest BCUT2D eigenvalue weighted by atomic mass is 35.5. The highest BCUT2D eigenvalue weighted by Crippen LogP contribution is 2.40. The molecular weight excluding hydrogens is 435 g/mol. The monoisotopic (exact) mass is 450 g/mol. The molecule has 0 saturated carbocycles. The zero-order valence-corrected chi connectivity index (χ0v) is 17.9. The van der Waals surface area contributed by atoms with Crippen molar-refractivity contribution in [2.45, 2.75) is 19.4 Å². The van der Waals surface area contributed by atoms with E-state index in [4.69, 9.17) is 27.6 Å². The van der Waals surface area contributed by atoms with Crippen LogP contribution in [0.15, 0.2) is 70.0 Å². The fourth-order valence-electron chi connectivity index (χ4n) is 3.94. The second kappa shape index (κ2) is 7.52. The molecule has 1 unspecified atom stereocenters. The number of benzene rings is 2. The Morgan fingerprint density at radius 2 is 1.74 bits per heavy atom. The molecule has 2 aromatic heterocycles. The normalized spacial score (nSPS) is 15.5. The van der Waals surface area contributed by atoms with Crippen molar-refractivity contribution < 1.29 is 9.21 Å². The molecule has 0 fully saturated rings. The van der Waals surface area contributed by atoms with Crippen molar-refractivity contribution in [3.63, 3.8) is 0 Å². The second-order valence-corrected chi connectivity index (χ2v) is 8.19. The Labute approximate surface area is 187 Å². The number of pyridine rings is 1. The molecule has 5 rings (SSSR count). The van der Waals surface area contributed by atoms with E-state index in [0.29, 0.717) is 26.8 Å². The average Bonchev–Trinajstić information content (AvgIpc) is 3.07. The van der Waals surface area contributed by atoms with Crippen LogP contribution < -0.4 is 10.3 Å². The number of amides is 1. The highest BCUT2D eigenvalue weighted by molar-refractivity contribution is 6.31. The van der Waals surface area contributed by atoms with Crippen LogP contribution in [-0.2, 0) is 6.42 Å². The van der Waals surface area contributed by atoms with Crippen LogP contribution in [0.5, 0.6) is 0 Å². The maximum Gasteiger partial charge on any atom is 0.296 e. The van der Waals surface area contributed by atoms with Crippen molar-refractivity contribution in [3.8, 4) is 0 Å². The minimum atomic E-state index is -0.679. The van der Waals surface area contributed by atoms with Crippen molar-refractivity contribution >= 4 is 45.9 Å². The number of fused-ring (bicyclic) bond motifs is 2. The van der Waals surface area contributed by atoms with Crippen LogP contribution >= 0.6 is 23.2 Å². The smallest absolute Gasteiger partial charge is 0.296 e. The zero-order chi connectivity index (χ0) is 21.7. The van der Waals surface area contributed by atoms with Crippen LogP contribution in [0.1, 0.15) is 40.2 Å². The van der Waals surface area contributed by atoms with Crippen LogP contribution in [0.2, 0.25) is 10.0 Å². The van der Waals surface area contributed by atoms with Crippen molar-refractivity contribution in [1.29, 1.82) is 0 Å². The largest absolute Gasteiger partial charge is 0.450 e. The summed E-state index contributed by atoms with van der Waals surface area (Å²) < 4.78 is 5.92. The van der Waals surface area contributed by atoms with Crippen LogP contribution in [0.25, 0.3) is 11.0 Å². The minimum Gasteiger partial charge on any atom is -0.450 e. The third-order valence-electron chi connectivity index (χ3n) is 5.49. The lowest BCUT2D eigenvalue weighted by atomic mass is 9.97. The number of rotatable bonds is 3. The van der Waals surface area contributed by atoms with Crippen LogP contribution in [0.4, 0.5) is 5.82 Å². The number of anilines is 1. The standard InChI is InChI=1S/C24H16Cl2N2O3/c1-2-13-3-5-14(6-4-13)21-20-22(29)17-11-15(25)7-9-18(17)31-23(20)24(30)28(21)19-10-8-16(26)12-27-19/h3-12,21H,2H2,1H3. The van der Waals surface area contributed by atoms with E-state index < -0.39 is 11.9 Å². The first kappa shape index (κ1) is 19.8. The molecule has 0 N–H and O–H groups in total. The maximum atomic E-state index is 13.5. The van der Waals surface area contributed by atoms with Gasteiger partial charge in [0.25, 0.3) is 5.91 Å². The van der Waals surface area contributed by atoms with Crippen LogP contribution in [0.3, 0.4) is 0 Å². The molecule has 1 aliphatic heterocycles. The Hall–Kier alpha value is -3.15. The van der Waals surface area contributed by atoms with Gasteiger partial charge in [-0.1, -0.05) is 54.4 Å². The van der Waals surface area contributed by atoms with E-state index >= 15 is 0 Å². The van der Waals surface area contributed by atoms with Gasteiger partial charge in [-0.2, -0.15) is 0 Å². The number of aryl methyl sites for hydroxylation is 1. The summed E-state index contributed by atoms with van der Waals surface area (Å²) in [6.07, 6.45) is 2.35. The van der Waals surface area contributed by atoms with E-state index in [1.54, 1.807) is 30.3 Å². The summed E-state index contributed by atoms with van der Waals surface area (Å²) in [5.41, 5.74) is 2.25. The van der Waals surface area contributed by atoms with Gasteiger partial charge in [0.15, 0.2) is 5.43 Å². The average molecular weight is 451 g/mol. The fraction of sp³-hybridized carbons (Fsp3) is 0.125. The first-order valence-electron chi connectivity index (χ1n) is 9.78. The van der Waals surface area contributed by atoms with Gasteiger partial charge in [0, 0.05) is 11.2 Å².